The molecule has 1 aliphatic rings. The van der Waals surface area contributed by atoms with Gasteiger partial charge in [0.05, 0.1) is 12.3 Å². The summed E-state index contributed by atoms with van der Waals surface area (Å²) < 4.78 is 5.25. The molecule has 0 radical (unpaired) electrons. The van der Waals surface area contributed by atoms with Crippen LogP contribution in [0.25, 0.3) is 0 Å². The molecule has 1 aromatic heterocycles. The normalized spacial score (nSPS) is 16.3. The minimum atomic E-state index is 0.630. The van der Waals surface area contributed by atoms with Crippen LogP contribution in [0.1, 0.15) is 48.2 Å². The van der Waals surface area contributed by atoms with Crippen LogP contribution in [0, 0.1) is 0 Å². The van der Waals surface area contributed by atoms with Gasteiger partial charge in [0, 0.05) is 29.5 Å². The molecule has 0 spiro atoms. The lowest BCUT2D eigenvalue weighted by atomic mass is 10.3. The zero-order chi connectivity index (χ0) is 13.5. The van der Waals surface area contributed by atoms with Crippen molar-refractivity contribution < 1.29 is 4.74 Å². The van der Waals surface area contributed by atoms with Gasteiger partial charge in [0.1, 0.15) is 5.01 Å². The summed E-state index contributed by atoms with van der Waals surface area (Å²) >= 11 is 3.94. The van der Waals surface area contributed by atoms with Crippen molar-refractivity contribution >= 4 is 23.1 Å². The molecule has 108 valence electrons. The van der Waals surface area contributed by atoms with Crippen molar-refractivity contribution in [3.8, 4) is 0 Å². The number of hydrogen-bond acceptors (Lipinski definition) is 5. The lowest BCUT2D eigenvalue weighted by Gasteiger charge is -2.05. The number of thioether (sulfide) groups is 1. The molecule has 1 aromatic rings. The van der Waals surface area contributed by atoms with Gasteiger partial charge in [0.25, 0.3) is 0 Å². The molecule has 1 fully saturated rings. The van der Waals surface area contributed by atoms with E-state index >= 15 is 0 Å². The van der Waals surface area contributed by atoms with Gasteiger partial charge >= 0.3 is 0 Å². The first-order chi connectivity index (χ1) is 9.33. The average Bonchev–Trinajstić information content (AvgIpc) is 3.04. The second kappa shape index (κ2) is 8.25. The summed E-state index contributed by atoms with van der Waals surface area (Å²) in [5.41, 5.74) is 1.12. The van der Waals surface area contributed by atoms with Crippen LogP contribution in [-0.4, -0.2) is 23.9 Å². The molecule has 0 aliphatic heterocycles. The zero-order valence-electron chi connectivity index (χ0n) is 11.9. The predicted molar refractivity (Wildman–Crippen MR) is 83.8 cm³/mol. The van der Waals surface area contributed by atoms with Crippen LogP contribution in [0.3, 0.4) is 0 Å². The molecule has 0 bridgehead atoms. The smallest absolute Gasteiger partial charge is 0.103 e. The van der Waals surface area contributed by atoms with Crippen LogP contribution in [0.5, 0.6) is 0 Å². The summed E-state index contributed by atoms with van der Waals surface area (Å²) in [4.78, 5) is 6.09. The quantitative estimate of drug-likeness (QED) is 0.796. The molecule has 1 heterocycles. The fourth-order valence-corrected chi connectivity index (χ4v) is 4.76. The van der Waals surface area contributed by atoms with Crippen molar-refractivity contribution in [3.63, 3.8) is 0 Å². The number of aromatic nitrogens is 1. The Kier molecular flexibility index (Phi) is 6.64. The first-order valence-electron chi connectivity index (χ1n) is 7.12. The second-order valence-corrected chi connectivity index (χ2v) is 7.37. The van der Waals surface area contributed by atoms with E-state index in [-0.39, 0.29) is 0 Å². The Morgan fingerprint density at radius 1 is 1.42 bits per heavy atom. The maximum absolute atomic E-state index is 5.25. The Morgan fingerprint density at radius 2 is 2.21 bits per heavy atom. The van der Waals surface area contributed by atoms with Gasteiger partial charge in [-0.1, -0.05) is 19.8 Å². The van der Waals surface area contributed by atoms with Gasteiger partial charge in [-0.2, -0.15) is 11.8 Å². The Morgan fingerprint density at radius 3 is 2.89 bits per heavy atom. The summed E-state index contributed by atoms with van der Waals surface area (Å²) in [5.74, 6) is 1.07. The van der Waals surface area contributed by atoms with Gasteiger partial charge in [-0.05, 0) is 19.4 Å². The molecular weight excluding hydrogens is 276 g/mol. The Balaban J connectivity index is 1.91. The van der Waals surface area contributed by atoms with Gasteiger partial charge in [-0.25, -0.2) is 4.98 Å². The summed E-state index contributed by atoms with van der Waals surface area (Å²) in [5, 5.41) is 5.51. The van der Waals surface area contributed by atoms with Gasteiger partial charge in [-0.15, -0.1) is 11.3 Å². The molecule has 1 N–H and O–H groups in total. The minimum absolute atomic E-state index is 0.630. The zero-order valence-corrected chi connectivity index (χ0v) is 13.5. The largest absolute Gasteiger partial charge is 0.378 e. The Bertz CT molecular complexity index is 376. The topological polar surface area (TPSA) is 34.2 Å². The molecule has 1 aliphatic carbocycles. The fraction of sp³-hybridized carbons (Fsp3) is 0.786. The third-order valence-electron chi connectivity index (χ3n) is 3.38. The Hall–Kier alpha value is -0.100. The standard InChI is InChI=1S/C14H24N2OS2/c1-3-15-8-13-12(9-17-2)16-14(19-13)10-18-11-6-4-5-7-11/h11,15H,3-10H2,1-2H3. The van der Waals surface area contributed by atoms with E-state index in [0.29, 0.717) is 6.61 Å². The number of methoxy groups -OCH3 is 1. The van der Waals surface area contributed by atoms with E-state index in [1.54, 1.807) is 7.11 Å². The molecule has 0 aromatic carbocycles. The van der Waals surface area contributed by atoms with Crippen molar-refractivity contribution in [2.75, 3.05) is 13.7 Å². The van der Waals surface area contributed by atoms with Crippen molar-refractivity contribution in [1.82, 2.24) is 10.3 Å². The monoisotopic (exact) mass is 300 g/mol. The summed E-state index contributed by atoms with van der Waals surface area (Å²) in [6.07, 6.45) is 5.61. The lowest BCUT2D eigenvalue weighted by Crippen LogP contribution is -2.12. The number of nitrogens with one attached hydrogen (secondary N) is 1. The number of nitrogens with zero attached hydrogens (tertiary/aromatic N) is 1. The van der Waals surface area contributed by atoms with Crippen LogP contribution in [-0.2, 0) is 23.6 Å². The highest BCUT2D eigenvalue weighted by Gasteiger charge is 2.17. The highest BCUT2D eigenvalue weighted by Crippen LogP contribution is 2.33. The van der Waals surface area contributed by atoms with Crippen LogP contribution < -0.4 is 5.32 Å². The summed E-state index contributed by atoms with van der Waals surface area (Å²) in [6, 6.07) is 0. The third kappa shape index (κ3) is 4.74. The van der Waals surface area contributed by atoms with E-state index < -0.39 is 0 Å². The van der Waals surface area contributed by atoms with Gasteiger partial charge in [0.15, 0.2) is 0 Å². The van der Waals surface area contributed by atoms with Crippen molar-refractivity contribution in [3.05, 3.63) is 15.6 Å². The van der Waals surface area contributed by atoms with Crippen LogP contribution >= 0.6 is 23.1 Å². The van der Waals surface area contributed by atoms with Crippen LogP contribution in [0.15, 0.2) is 0 Å². The van der Waals surface area contributed by atoms with E-state index in [2.05, 4.69) is 24.0 Å². The highest BCUT2D eigenvalue weighted by atomic mass is 32.2. The SMILES string of the molecule is CCNCc1sc(CSC2CCCC2)nc1COC. The number of thiazole rings is 1. The van der Waals surface area contributed by atoms with E-state index in [1.165, 1.54) is 35.6 Å². The van der Waals surface area contributed by atoms with E-state index in [9.17, 15) is 0 Å². The first kappa shape index (κ1) is 15.3. The van der Waals surface area contributed by atoms with Gasteiger partial charge in [0.2, 0.25) is 0 Å². The predicted octanol–water partition coefficient (Wildman–Crippen LogP) is 3.57. The minimum Gasteiger partial charge on any atom is -0.378 e. The van der Waals surface area contributed by atoms with E-state index in [4.69, 9.17) is 9.72 Å². The van der Waals surface area contributed by atoms with Crippen LogP contribution in [0.4, 0.5) is 0 Å². The number of ether oxygens (including phenoxy) is 1. The fourth-order valence-electron chi connectivity index (χ4n) is 2.37. The molecular formula is C14H24N2OS2. The van der Waals surface area contributed by atoms with Crippen molar-refractivity contribution in [2.45, 2.75) is 56.8 Å². The molecule has 0 amide bonds. The molecule has 1 saturated carbocycles. The van der Waals surface area contributed by atoms with Gasteiger partial charge < -0.3 is 10.1 Å². The highest BCUT2D eigenvalue weighted by molar-refractivity contribution is 7.99. The average molecular weight is 300 g/mol. The second-order valence-electron chi connectivity index (χ2n) is 4.91. The van der Waals surface area contributed by atoms with E-state index in [0.717, 1.165) is 29.8 Å². The third-order valence-corrected chi connectivity index (χ3v) is 6.05. The molecule has 0 unspecified atom stereocenters. The molecule has 0 saturated heterocycles. The van der Waals surface area contributed by atoms with Crippen molar-refractivity contribution in [2.24, 2.45) is 0 Å². The summed E-state index contributed by atoms with van der Waals surface area (Å²) in [6.45, 7) is 4.68. The lowest BCUT2D eigenvalue weighted by molar-refractivity contribution is 0.181. The molecule has 5 heteroatoms. The molecule has 0 atom stereocenters. The van der Waals surface area contributed by atoms with Crippen LogP contribution in [0.2, 0.25) is 0 Å². The molecule has 2 rings (SSSR count). The van der Waals surface area contributed by atoms with Gasteiger partial charge in [-0.3, -0.25) is 0 Å². The summed E-state index contributed by atoms with van der Waals surface area (Å²) in [7, 11) is 1.74. The first-order valence-corrected chi connectivity index (χ1v) is 8.98. The maximum Gasteiger partial charge on any atom is 0.103 e. The number of rotatable bonds is 8. The van der Waals surface area contributed by atoms with E-state index in [1.807, 2.05) is 11.3 Å². The Labute approximate surface area is 124 Å². The maximum atomic E-state index is 5.25. The molecule has 3 nitrogen and oxygen atoms in total. The molecule has 19 heavy (non-hydrogen) atoms. The van der Waals surface area contributed by atoms with Crippen molar-refractivity contribution in [1.29, 1.82) is 0 Å². The number of hydrogen-bond donors (Lipinski definition) is 1.